The quantitative estimate of drug-likeness (QED) is 0.608. The Morgan fingerprint density at radius 3 is 2.38 bits per heavy atom. The van der Waals surface area contributed by atoms with Crippen LogP contribution >= 0.6 is 0 Å². The maximum Gasteiger partial charge on any atom is 0.236 e. The number of nitrogens with zero attached hydrogens (tertiary/aromatic N) is 1. The number of aliphatic hydroxyl groups is 1. The average Bonchev–Trinajstić information content (AvgIpc) is 2.16. The molecule has 2 N–H and O–H groups in total. The molecule has 0 heterocycles. The van der Waals surface area contributed by atoms with Crippen molar-refractivity contribution < 1.29 is 9.90 Å². The smallest absolute Gasteiger partial charge is 0.236 e. The minimum absolute atomic E-state index is 0.0143. The summed E-state index contributed by atoms with van der Waals surface area (Å²) in [7, 11) is 0. The molecule has 4 heteroatoms. The predicted octanol–water partition coefficient (Wildman–Crippen LogP) is -0.175. The molecular weight excluding hydrogens is 168 g/mol. The Morgan fingerprint density at radius 1 is 1.46 bits per heavy atom. The summed E-state index contributed by atoms with van der Waals surface area (Å²) in [6, 6.07) is -0.0143. The van der Waals surface area contributed by atoms with Gasteiger partial charge in [-0.05, 0) is 20.8 Å². The molecule has 0 aliphatic rings. The lowest BCUT2D eigenvalue weighted by atomic mass is 10.3. The third-order valence-corrected chi connectivity index (χ3v) is 1.99. The van der Waals surface area contributed by atoms with Crippen molar-refractivity contribution in [2.45, 2.75) is 26.8 Å². The molecule has 0 aliphatic heterocycles. The van der Waals surface area contributed by atoms with E-state index in [-0.39, 0.29) is 18.6 Å². The zero-order chi connectivity index (χ0) is 10.3. The van der Waals surface area contributed by atoms with Gasteiger partial charge in [-0.2, -0.15) is 0 Å². The van der Waals surface area contributed by atoms with Crippen LogP contribution in [0.25, 0.3) is 0 Å². The van der Waals surface area contributed by atoms with Crippen molar-refractivity contribution in [2.75, 3.05) is 26.2 Å². The van der Waals surface area contributed by atoms with Crippen molar-refractivity contribution in [1.29, 1.82) is 0 Å². The molecule has 0 saturated heterocycles. The van der Waals surface area contributed by atoms with Crippen LogP contribution in [0.3, 0.4) is 0 Å². The van der Waals surface area contributed by atoms with Crippen molar-refractivity contribution in [3.05, 3.63) is 0 Å². The third kappa shape index (κ3) is 4.85. The molecule has 0 rings (SSSR count). The van der Waals surface area contributed by atoms with Crippen LogP contribution in [-0.4, -0.2) is 48.2 Å². The van der Waals surface area contributed by atoms with E-state index < -0.39 is 0 Å². The van der Waals surface area contributed by atoms with Crippen molar-refractivity contribution in [2.24, 2.45) is 0 Å². The summed E-state index contributed by atoms with van der Waals surface area (Å²) in [5.41, 5.74) is 0. The summed E-state index contributed by atoms with van der Waals surface area (Å²) in [5.74, 6) is 0.0882. The number of hydrogen-bond acceptors (Lipinski definition) is 3. The molecule has 0 aromatic heterocycles. The van der Waals surface area contributed by atoms with E-state index in [2.05, 4.69) is 5.32 Å². The van der Waals surface area contributed by atoms with Gasteiger partial charge in [-0.15, -0.1) is 0 Å². The van der Waals surface area contributed by atoms with Crippen molar-refractivity contribution in [1.82, 2.24) is 10.2 Å². The van der Waals surface area contributed by atoms with Gasteiger partial charge < -0.3 is 15.3 Å². The molecule has 4 nitrogen and oxygen atoms in total. The Balaban J connectivity index is 3.72. The molecule has 13 heavy (non-hydrogen) atoms. The Morgan fingerprint density at radius 2 is 2.00 bits per heavy atom. The van der Waals surface area contributed by atoms with Crippen LogP contribution in [0.1, 0.15) is 20.8 Å². The van der Waals surface area contributed by atoms with Crippen LogP contribution < -0.4 is 5.32 Å². The van der Waals surface area contributed by atoms with Gasteiger partial charge in [-0.1, -0.05) is 0 Å². The Kier molecular flexibility index (Phi) is 6.54. The van der Waals surface area contributed by atoms with Gasteiger partial charge in [0.2, 0.25) is 5.91 Å². The maximum atomic E-state index is 11.4. The second-order valence-corrected chi connectivity index (χ2v) is 3.03. The highest BCUT2D eigenvalue weighted by Crippen LogP contribution is 1.88. The standard InChI is InChI=1S/C9H20N2O2/c1-4-11(5-2)9(13)6-10-8(3)7-12/h8,10,12H,4-7H2,1-3H3. The Bertz CT molecular complexity index is 147. The molecule has 0 aromatic rings. The highest BCUT2D eigenvalue weighted by Gasteiger charge is 2.09. The minimum Gasteiger partial charge on any atom is -0.395 e. The zero-order valence-electron chi connectivity index (χ0n) is 8.71. The number of likely N-dealkylation sites (N-methyl/N-ethyl adjacent to an activating group) is 1. The molecule has 0 aromatic carbocycles. The fourth-order valence-electron chi connectivity index (χ4n) is 1.01. The number of carbonyl (C=O) groups is 1. The van der Waals surface area contributed by atoms with Gasteiger partial charge in [0.05, 0.1) is 13.2 Å². The van der Waals surface area contributed by atoms with E-state index in [1.54, 1.807) is 4.90 Å². The van der Waals surface area contributed by atoms with Gasteiger partial charge in [0, 0.05) is 19.1 Å². The lowest BCUT2D eigenvalue weighted by Crippen LogP contribution is -2.41. The minimum atomic E-state index is -0.0143. The summed E-state index contributed by atoms with van der Waals surface area (Å²) >= 11 is 0. The number of amides is 1. The molecule has 0 aliphatic carbocycles. The van der Waals surface area contributed by atoms with Gasteiger partial charge in [0.1, 0.15) is 0 Å². The Labute approximate surface area is 79.9 Å². The van der Waals surface area contributed by atoms with Crippen molar-refractivity contribution in [3.8, 4) is 0 Å². The van der Waals surface area contributed by atoms with E-state index in [9.17, 15) is 4.79 Å². The van der Waals surface area contributed by atoms with E-state index in [1.807, 2.05) is 20.8 Å². The summed E-state index contributed by atoms with van der Waals surface area (Å²) in [4.78, 5) is 13.2. The van der Waals surface area contributed by atoms with Gasteiger partial charge in [-0.3, -0.25) is 4.79 Å². The largest absolute Gasteiger partial charge is 0.395 e. The molecule has 0 spiro atoms. The van der Waals surface area contributed by atoms with E-state index in [0.29, 0.717) is 6.54 Å². The van der Waals surface area contributed by atoms with E-state index in [1.165, 1.54) is 0 Å². The molecular formula is C9H20N2O2. The van der Waals surface area contributed by atoms with Gasteiger partial charge in [0.15, 0.2) is 0 Å². The van der Waals surface area contributed by atoms with E-state index in [0.717, 1.165) is 13.1 Å². The first-order chi connectivity index (χ1) is 6.15. The predicted molar refractivity (Wildman–Crippen MR) is 52.5 cm³/mol. The molecule has 0 fully saturated rings. The second kappa shape index (κ2) is 6.86. The number of rotatable bonds is 6. The summed E-state index contributed by atoms with van der Waals surface area (Å²) in [6.45, 7) is 7.60. The monoisotopic (exact) mass is 188 g/mol. The van der Waals surface area contributed by atoms with Crippen LogP contribution in [-0.2, 0) is 4.79 Å². The van der Waals surface area contributed by atoms with Crippen LogP contribution in [0.15, 0.2) is 0 Å². The number of hydrogen-bond donors (Lipinski definition) is 2. The first-order valence-electron chi connectivity index (χ1n) is 4.77. The van der Waals surface area contributed by atoms with E-state index in [4.69, 9.17) is 5.11 Å². The van der Waals surface area contributed by atoms with Crippen LogP contribution in [0, 0.1) is 0 Å². The first-order valence-corrected chi connectivity index (χ1v) is 4.77. The van der Waals surface area contributed by atoms with Crippen LogP contribution in [0.2, 0.25) is 0 Å². The number of carbonyl (C=O) groups excluding carboxylic acids is 1. The molecule has 78 valence electrons. The van der Waals surface area contributed by atoms with Gasteiger partial charge in [-0.25, -0.2) is 0 Å². The molecule has 1 amide bonds. The van der Waals surface area contributed by atoms with Crippen molar-refractivity contribution >= 4 is 5.91 Å². The topological polar surface area (TPSA) is 52.6 Å². The van der Waals surface area contributed by atoms with Crippen LogP contribution in [0.4, 0.5) is 0 Å². The SMILES string of the molecule is CCN(CC)C(=O)CNC(C)CO. The number of nitrogens with one attached hydrogen (secondary N) is 1. The maximum absolute atomic E-state index is 11.4. The fraction of sp³-hybridized carbons (Fsp3) is 0.889. The normalized spacial score (nSPS) is 12.6. The molecule has 0 bridgehead atoms. The lowest BCUT2D eigenvalue weighted by Gasteiger charge is -2.20. The third-order valence-electron chi connectivity index (χ3n) is 1.99. The van der Waals surface area contributed by atoms with Gasteiger partial charge in [0.25, 0.3) is 0 Å². The molecule has 1 atom stereocenters. The molecule has 1 unspecified atom stereocenters. The molecule has 0 saturated carbocycles. The summed E-state index contributed by atoms with van der Waals surface area (Å²) in [5, 5.41) is 11.7. The van der Waals surface area contributed by atoms with Crippen LogP contribution in [0.5, 0.6) is 0 Å². The van der Waals surface area contributed by atoms with E-state index >= 15 is 0 Å². The number of aliphatic hydroxyl groups excluding tert-OH is 1. The highest BCUT2D eigenvalue weighted by molar-refractivity contribution is 5.78. The van der Waals surface area contributed by atoms with Crippen molar-refractivity contribution in [3.63, 3.8) is 0 Å². The average molecular weight is 188 g/mol. The molecule has 0 radical (unpaired) electrons. The summed E-state index contributed by atoms with van der Waals surface area (Å²) < 4.78 is 0. The Hall–Kier alpha value is -0.610. The van der Waals surface area contributed by atoms with Gasteiger partial charge >= 0.3 is 0 Å². The fourth-order valence-corrected chi connectivity index (χ4v) is 1.01. The zero-order valence-corrected chi connectivity index (χ0v) is 8.71. The first kappa shape index (κ1) is 12.4. The summed E-state index contributed by atoms with van der Waals surface area (Å²) in [6.07, 6.45) is 0. The highest BCUT2D eigenvalue weighted by atomic mass is 16.3. The second-order valence-electron chi connectivity index (χ2n) is 3.03. The lowest BCUT2D eigenvalue weighted by molar-refractivity contribution is -0.130.